The maximum atomic E-state index is 12.5. The van der Waals surface area contributed by atoms with Gasteiger partial charge in [0.15, 0.2) is 0 Å². The molecule has 1 unspecified atom stereocenters. The molecule has 0 aromatic heterocycles. The van der Waals surface area contributed by atoms with Gasteiger partial charge in [-0.15, -0.1) is 0 Å². The molecule has 0 fully saturated rings. The van der Waals surface area contributed by atoms with Crippen molar-refractivity contribution < 1.29 is 18.0 Å². The Labute approximate surface area is 165 Å². The lowest BCUT2D eigenvalue weighted by atomic mass is 10.0. The molecule has 3 N–H and O–H groups in total. The first-order valence-corrected chi connectivity index (χ1v) is 10.4. The molecule has 2 aromatic rings. The second-order valence-electron chi connectivity index (χ2n) is 6.61. The van der Waals surface area contributed by atoms with Crippen LogP contribution in [0.4, 0.5) is 5.69 Å². The van der Waals surface area contributed by atoms with Crippen LogP contribution < -0.4 is 15.4 Å². The second kappa shape index (κ2) is 9.48. The van der Waals surface area contributed by atoms with Crippen LogP contribution in [-0.2, 0) is 19.6 Å². The van der Waals surface area contributed by atoms with Gasteiger partial charge in [0.05, 0.1) is 10.9 Å². The Morgan fingerprint density at radius 2 is 1.57 bits per heavy atom. The van der Waals surface area contributed by atoms with Gasteiger partial charge < -0.3 is 10.6 Å². The van der Waals surface area contributed by atoms with Gasteiger partial charge in [0.2, 0.25) is 21.8 Å². The first-order valence-electron chi connectivity index (χ1n) is 8.91. The molecule has 2 aromatic carbocycles. The van der Waals surface area contributed by atoms with Gasteiger partial charge in [-0.1, -0.05) is 37.3 Å². The molecule has 2 atom stereocenters. The highest BCUT2D eigenvalue weighted by Gasteiger charge is 2.22. The number of benzene rings is 2. The maximum Gasteiger partial charge on any atom is 0.241 e. The average molecular weight is 404 g/mol. The molecular formula is C20H25N3O4S. The van der Waals surface area contributed by atoms with E-state index in [1.54, 1.807) is 0 Å². The number of hydrogen-bond acceptors (Lipinski definition) is 4. The molecule has 2 rings (SSSR count). The van der Waals surface area contributed by atoms with Crippen LogP contribution in [0.15, 0.2) is 59.5 Å². The van der Waals surface area contributed by atoms with Gasteiger partial charge >= 0.3 is 0 Å². The topological polar surface area (TPSA) is 104 Å². The molecule has 0 spiro atoms. The summed E-state index contributed by atoms with van der Waals surface area (Å²) in [7, 11) is -3.86. The van der Waals surface area contributed by atoms with Crippen LogP contribution >= 0.6 is 0 Å². The van der Waals surface area contributed by atoms with E-state index in [0.717, 1.165) is 5.56 Å². The molecule has 0 radical (unpaired) electrons. The number of amides is 2. The molecule has 28 heavy (non-hydrogen) atoms. The van der Waals surface area contributed by atoms with Crippen molar-refractivity contribution in [2.45, 2.75) is 37.6 Å². The number of anilines is 1. The molecular weight excluding hydrogens is 378 g/mol. The Kier molecular flexibility index (Phi) is 7.31. The number of hydrogen-bond donors (Lipinski definition) is 3. The molecule has 0 aliphatic carbocycles. The van der Waals surface area contributed by atoms with Gasteiger partial charge in [-0.25, -0.2) is 8.42 Å². The highest BCUT2D eigenvalue weighted by Crippen LogP contribution is 2.15. The lowest BCUT2D eigenvalue weighted by Gasteiger charge is -2.17. The van der Waals surface area contributed by atoms with Gasteiger partial charge in [0, 0.05) is 19.2 Å². The Morgan fingerprint density at radius 3 is 2.14 bits per heavy atom. The minimum Gasteiger partial charge on any atom is -0.354 e. The number of rotatable bonds is 8. The van der Waals surface area contributed by atoms with Crippen LogP contribution in [0, 0.1) is 0 Å². The number of sulfonamides is 1. The van der Waals surface area contributed by atoms with E-state index in [2.05, 4.69) is 15.4 Å². The molecule has 150 valence electrons. The maximum absolute atomic E-state index is 12.5. The molecule has 0 saturated heterocycles. The summed E-state index contributed by atoms with van der Waals surface area (Å²) >= 11 is 0. The highest BCUT2D eigenvalue weighted by molar-refractivity contribution is 7.89. The van der Waals surface area contributed by atoms with Crippen molar-refractivity contribution in [1.82, 2.24) is 10.0 Å². The first-order chi connectivity index (χ1) is 13.2. The van der Waals surface area contributed by atoms with Crippen molar-refractivity contribution >= 4 is 27.5 Å². The molecule has 0 aliphatic heterocycles. The number of carbonyl (C=O) groups excluding carboxylic acids is 2. The van der Waals surface area contributed by atoms with Crippen LogP contribution in [0.1, 0.15) is 32.3 Å². The van der Waals surface area contributed by atoms with E-state index < -0.39 is 22.0 Å². The van der Waals surface area contributed by atoms with E-state index >= 15 is 0 Å². The molecule has 0 heterocycles. The molecule has 2 amide bonds. The molecule has 7 nitrogen and oxygen atoms in total. The molecule has 0 aliphatic rings. The SMILES string of the molecule is CC(=O)Nc1ccc(S(=O)(=O)N[C@@H](C)C(=O)NCC(C)c2ccccc2)cc1. The van der Waals surface area contributed by atoms with Crippen molar-refractivity contribution in [3.8, 4) is 0 Å². The van der Waals surface area contributed by atoms with Gasteiger partial charge in [-0.05, 0) is 42.7 Å². The molecule has 8 heteroatoms. The van der Waals surface area contributed by atoms with Crippen LogP contribution in [0.5, 0.6) is 0 Å². The fourth-order valence-electron chi connectivity index (χ4n) is 2.58. The van der Waals surface area contributed by atoms with Crippen molar-refractivity contribution in [2.75, 3.05) is 11.9 Å². The summed E-state index contributed by atoms with van der Waals surface area (Å²) in [5.41, 5.74) is 1.59. The van der Waals surface area contributed by atoms with Crippen molar-refractivity contribution in [3.05, 3.63) is 60.2 Å². The third kappa shape index (κ3) is 6.17. The zero-order valence-corrected chi connectivity index (χ0v) is 16.9. The third-order valence-electron chi connectivity index (χ3n) is 4.16. The van der Waals surface area contributed by atoms with Crippen LogP contribution in [-0.4, -0.2) is 32.8 Å². The summed E-state index contributed by atoms with van der Waals surface area (Å²) in [5, 5.41) is 5.34. The lowest BCUT2D eigenvalue weighted by Crippen LogP contribution is -2.45. The number of carbonyl (C=O) groups is 2. The monoisotopic (exact) mass is 403 g/mol. The number of nitrogens with one attached hydrogen (secondary N) is 3. The Balaban J connectivity index is 1.93. The first kappa shape index (κ1) is 21.6. The third-order valence-corrected chi connectivity index (χ3v) is 5.72. The Hall–Kier alpha value is -2.71. The summed E-state index contributed by atoms with van der Waals surface area (Å²) in [6.07, 6.45) is 0. The second-order valence-corrected chi connectivity index (χ2v) is 8.32. The van der Waals surface area contributed by atoms with E-state index in [1.807, 2.05) is 37.3 Å². The van der Waals surface area contributed by atoms with E-state index in [1.165, 1.54) is 38.1 Å². The van der Waals surface area contributed by atoms with E-state index in [0.29, 0.717) is 12.2 Å². The Morgan fingerprint density at radius 1 is 0.964 bits per heavy atom. The van der Waals surface area contributed by atoms with Crippen LogP contribution in [0.3, 0.4) is 0 Å². The van der Waals surface area contributed by atoms with Gasteiger partial charge in [-0.3, -0.25) is 9.59 Å². The quantitative estimate of drug-likeness (QED) is 0.629. The minimum atomic E-state index is -3.86. The minimum absolute atomic E-state index is 0.0129. The zero-order valence-electron chi connectivity index (χ0n) is 16.1. The van der Waals surface area contributed by atoms with E-state index in [9.17, 15) is 18.0 Å². The summed E-state index contributed by atoms with van der Waals surface area (Å²) in [6, 6.07) is 14.5. The predicted octanol–water partition coefficient (Wildman–Crippen LogP) is 2.23. The fourth-order valence-corrected chi connectivity index (χ4v) is 3.78. The summed E-state index contributed by atoms with van der Waals surface area (Å²) in [6.45, 7) is 5.25. The van der Waals surface area contributed by atoms with Gasteiger partial charge in [0.1, 0.15) is 0 Å². The summed E-state index contributed by atoms with van der Waals surface area (Å²) in [5.74, 6) is -0.541. The van der Waals surface area contributed by atoms with Gasteiger partial charge in [-0.2, -0.15) is 4.72 Å². The van der Waals surface area contributed by atoms with Crippen LogP contribution in [0.25, 0.3) is 0 Å². The lowest BCUT2D eigenvalue weighted by molar-refractivity contribution is -0.122. The standard InChI is InChI=1S/C20H25N3O4S/c1-14(17-7-5-4-6-8-17)13-21-20(25)15(2)23-28(26,27)19-11-9-18(10-12-19)22-16(3)24/h4-12,14-15,23H,13H2,1-3H3,(H,21,25)(H,22,24)/t14?,15-/m0/s1. The van der Waals surface area contributed by atoms with Crippen molar-refractivity contribution in [1.29, 1.82) is 0 Å². The normalized spacial score (nSPS) is 13.4. The van der Waals surface area contributed by atoms with Crippen molar-refractivity contribution in [2.24, 2.45) is 0 Å². The van der Waals surface area contributed by atoms with Crippen molar-refractivity contribution in [3.63, 3.8) is 0 Å². The molecule has 0 bridgehead atoms. The zero-order chi connectivity index (χ0) is 20.7. The Bertz CT molecular complexity index is 912. The summed E-state index contributed by atoms with van der Waals surface area (Å²) < 4.78 is 27.3. The summed E-state index contributed by atoms with van der Waals surface area (Å²) in [4.78, 5) is 23.3. The predicted molar refractivity (Wildman–Crippen MR) is 108 cm³/mol. The van der Waals surface area contributed by atoms with Gasteiger partial charge in [0.25, 0.3) is 0 Å². The largest absolute Gasteiger partial charge is 0.354 e. The smallest absolute Gasteiger partial charge is 0.241 e. The van der Waals surface area contributed by atoms with Crippen LogP contribution in [0.2, 0.25) is 0 Å². The van der Waals surface area contributed by atoms with E-state index in [-0.39, 0.29) is 16.7 Å². The van der Waals surface area contributed by atoms with E-state index in [4.69, 9.17) is 0 Å². The highest BCUT2D eigenvalue weighted by atomic mass is 32.2. The fraction of sp³-hybridized carbons (Fsp3) is 0.300. The molecule has 0 saturated carbocycles. The average Bonchev–Trinajstić information content (AvgIpc) is 2.66.